The standard InChI is InChI=1S/C28H30O10/c1-3-5-6-7-16(29)10-15-11-17(30)12-20-23(15)26(32)36-21-13-19(31)24-18(25(21)35-20)14-28(38-27(24)33)9-8-22(37-28)34-4-2/h11-13,22,30-31H,3-10,14H2,1-2H3/t22-,28?/m0/s1. The van der Waals surface area contributed by atoms with Crippen molar-refractivity contribution in [3.63, 3.8) is 0 Å². The molecule has 0 saturated carbocycles. The number of aromatic hydroxyl groups is 2. The minimum atomic E-state index is -1.33. The third-order valence-electron chi connectivity index (χ3n) is 6.95. The van der Waals surface area contributed by atoms with Gasteiger partial charge in [0.15, 0.2) is 17.8 Å². The summed E-state index contributed by atoms with van der Waals surface area (Å²) in [5.41, 5.74) is 0.392. The molecule has 2 atom stereocenters. The number of unbranched alkanes of at least 4 members (excludes halogenated alkanes) is 2. The number of carbonyl (C=O) groups is 3. The zero-order valence-electron chi connectivity index (χ0n) is 21.3. The first kappa shape index (κ1) is 26.0. The highest BCUT2D eigenvalue weighted by Crippen LogP contribution is 2.51. The molecule has 0 bridgehead atoms. The molecule has 5 rings (SSSR count). The molecule has 0 amide bonds. The van der Waals surface area contributed by atoms with Gasteiger partial charge in [-0.2, -0.15) is 0 Å². The average Bonchev–Trinajstić information content (AvgIpc) is 3.15. The second-order valence-electron chi connectivity index (χ2n) is 9.74. The Kier molecular flexibility index (Phi) is 7.02. The number of phenols is 2. The van der Waals surface area contributed by atoms with Gasteiger partial charge in [0.05, 0.1) is 0 Å². The number of ketones is 1. The summed E-state index contributed by atoms with van der Waals surface area (Å²) in [5.74, 6) is -3.76. The first-order valence-corrected chi connectivity index (χ1v) is 12.9. The number of esters is 2. The number of benzene rings is 2. The van der Waals surface area contributed by atoms with E-state index in [-0.39, 0.29) is 63.9 Å². The summed E-state index contributed by atoms with van der Waals surface area (Å²) in [5, 5.41) is 21.1. The number of Topliss-reactive ketones (excluding diaryl/α,β-unsaturated/α-hetero) is 1. The average molecular weight is 527 g/mol. The van der Waals surface area contributed by atoms with Gasteiger partial charge in [0.25, 0.3) is 0 Å². The van der Waals surface area contributed by atoms with Crippen LogP contribution in [-0.2, 0) is 31.8 Å². The van der Waals surface area contributed by atoms with Gasteiger partial charge < -0.3 is 33.9 Å². The van der Waals surface area contributed by atoms with Crippen LogP contribution >= 0.6 is 0 Å². The highest BCUT2D eigenvalue weighted by atomic mass is 16.8. The summed E-state index contributed by atoms with van der Waals surface area (Å²) in [7, 11) is 0. The Morgan fingerprint density at radius 2 is 1.87 bits per heavy atom. The summed E-state index contributed by atoms with van der Waals surface area (Å²) in [6.07, 6.45) is 3.20. The summed E-state index contributed by atoms with van der Waals surface area (Å²) in [6.45, 7) is 4.29. The number of phenolic OH excluding ortho intramolecular Hbond substituents is 2. The van der Waals surface area contributed by atoms with Crippen LogP contribution in [0.4, 0.5) is 0 Å². The van der Waals surface area contributed by atoms with Crippen molar-refractivity contribution in [3.8, 4) is 28.7 Å². The van der Waals surface area contributed by atoms with Gasteiger partial charge in [-0.05, 0) is 25.0 Å². The predicted octanol–water partition coefficient (Wildman–Crippen LogP) is 4.70. The van der Waals surface area contributed by atoms with Gasteiger partial charge in [-0.25, -0.2) is 9.59 Å². The van der Waals surface area contributed by atoms with Gasteiger partial charge in [0.1, 0.15) is 34.2 Å². The molecule has 3 heterocycles. The molecule has 2 N–H and O–H groups in total. The second kappa shape index (κ2) is 10.3. The van der Waals surface area contributed by atoms with Crippen molar-refractivity contribution >= 4 is 17.7 Å². The second-order valence-corrected chi connectivity index (χ2v) is 9.74. The maximum absolute atomic E-state index is 13.2. The molecule has 38 heavy (non-hydrogen) atoms. The van der Waals surface area contributed by atoms with E-state index in [0.29, 0.717) is 25.9 Å². The lowest BCUT2D eigenvalue weighted by atomic mass is 9.92. The van der Waals surface area contributed by atoms with Crippen LogP contribution in [0.1, 0.15) is 84.2 Å². The molecule has 10 heteroatoms. The van der Waals surface area contributed by atoms with Crippen LogP contribution in [0.3, 0.4) is 0 Å². The number of hydrogen-bond acceptors (Lipinski definition) is 10. The Hall–Kier alpha value is -3.63. The van der Waals surface area contributed by atoms with Gasteiger partial charge in [0, 0.05) is 56.4 Å². The molecule has 0 aliphatic carbocycles. The zero-order chi connectivity index (χ0) is 27.0. The van der Waals surface area contributed by atoms with Gasteiger partial charge in [0.2, 0.25) is 5.79 Å². The Balaban J connectivity index is 1.53. The summed E-state index contributed by atoms with van der Waals surface area (Å²) < 4.78 is 28.8. The van der Waals surface area contributed by atoms with Crippen molar-refractivity contribution in [2.45, 2.75) is 77.3 Å². The molecule has 0 radical (unpaired) electrons. The molecule has 1 fully saturated rings. The highest BCUT2D eigenvalue weighted by Gasteiger charge is 2.50. The normalized spacial score (nSPS) is 21.6. The van der Waals surface area contributed by atoms with E-state index < -0.39 is 29.8 Å². The molecular formula is C28H30O10. The fourth-order valence-corrected chi connectivity index (χ4v) is 5.23. The molecule has 10 nitrogen and oxygen atoms in total. The van der Waals surface area contributed by atoms with Gasteiger partial charge >= 0.3 is 11.9 Å². The molecule has 3 aliphatic rings. The monoisotopic (exact) mass is 526 g/mol. The summed E-state index contributed by atoms with van der Waals surface area (Å²) in [4.78, 5) is 38.8. The third kappa shape index (κ3) is 4.81. The quantitative estimate of drug-likeness (QED) is 0.283. The smallest absolute Gasteiger partial charge is 0.347 e. The maximum atomic E-state index is 13.2. The van der Waals surface area contributed by atoms with Crippen molar-refractivity contribution in [2.75, 3.05) is 6.61 Å². The van der Waals surface area contributed by atoms with E-state index in [9.17, 15) is 24.6 Å². The van der Waals surface area contributed by atoms with E-state index in [1.165, 1.54) is 12.1 Å². The van der Waals surface area contributed by atoms with Crippen molar-refractivity contribution in [3.05, 3.63) is 40.5 Å². The number of ether oxygens (including phenoxy) is 5. The Morgan fingerprint density at radius 3 is 2.63 bits per heavy atom. The van der Waals surface area contributed by atoms with E-state index in [4.69, 9.17) is 23.7 Å². The van der Waals surface area contributed by atoms with Crippen molar-refractivity contribution in [2.24, 2.45) is 0 Å². The molecule has 1 unspecified atom stereocenters. The maximum Gasteiger partial charge on any atom is 0.347 e. The fourth-order valence-electron chi connectivity index (χ4n) is 5.23. The topological polar surface area (TPSA) is 138 Å². The zero-order valence-corrected chi connectivity index (χ0v) is 21.3. The van der Waals surface area contributed by atoms with Gasteiger partial charge in [-0.3, -0.25) is 4.79 Å². The number of hydrogen-bond donors (Lipinski definition) is 2. The Bertz CT molecular complexity index is 1300. The molecule has 1 saturated heterocycles. The third-order valence-corrected chi connectivity index (χ3v) is 6.95. The van der Waals surface area contributed by atoms with Crippen LogP contribution in [0.15, 0.2) is 18.2 Å². The minimum Gasteiger partial charge on any atom is -0.508 e. The Morgan fingerprint density at radius 1 is 1.05 bits per heavy atom. The van der Waals surface area contributed by atoms with E-state index in [2.05, 4.69) is 0 Å². The van der Waals surface area contributed by atoms with Crippen molar-refractivity contribution in [1.29, 1.82) is 0 Å². The van der Waals surface area contributed by atoms with Crippen LogP contribution in [0.5, 0.6) is 28.7 Å². The van der Waals surface area contributed by atoms with E-state index >= 15 is 0 Å². The van der Waals surface area contributed by atoms with E-state index in [1.54, 1.807) is 0 Å². The predicted molar refractivity (Wildman–Crippen MR) is 132 cm³/mol. The summed E-state index contributed by atoms with van der Waals surface area (Å²) in [6, 6.07) is 3.71. The minimum absolute atomic E-state index is 0.00212. The van der Waals surface area contributed by atoms with Crippen LogP contribution in [-0.4, -0.2) is 46.6 Å². The number of rotatable bonds is 8. The lowest BCUT2D eigenvalue weighted by Gasteiger charge is -2.34. The first-order valence-electron chi connectivity index (χ1n) is 12.9. The highest BCUT2D eigenvalue weighted by molar-refractivity contribution is 6.01. The first-order chi connectivity index (χ1) is 18.2. The molecule has 3 aliphatic heterocycles. The lowest BCUT2D eigenvalue weighted by molar-refractivity contribution is -0.249. The molecule has 202 valence electrons. The molecule has 0 aromatic heterocycles. The van der Waals surface area contributed by atoms with Crippen LogP contribution in [0.25, 0.3) is 0 Å². The molecular weight excluding hydrogens is 496 g/mol. The van der Waals surface area contributed by atoms with Gasteiger partial charge in [-0.15, -0.1) is 0 Å². The molecule has 2 aromatic carbocycles. The molecule has 1 spiro atoms. The summed E-state index contributed by atoms with van der Waals surface area (Å²) >= 11 is 0. The van der Waals surface area contributed by atoms with Crippen molar-refractivity contribution < 1.29 is 48.3 Å². The van der Waals surface area contributed by atoms with Crippen LogP contribution < -0.4 is 9.47 Å². The van der Waals surface area contributed by atoms with Gasteiger partial charge in [-0.1, -0.05) is 19.8 Å². The molecule has 2 aromatic rings. The van der Waals surface area contributed by atoms with Crippen LogP contribution in [0.2, 0.25) is 0 Å². The number of fused-ring (bicyclic) bond motifs is 4. The van der Waals surface area contributed by atoms with Crippen LogP contribution in [0, 0.1) is 0 Å². The Labute approximate surface area is 219 Å². The lowest BCUT2D eigenvalue weighted by Crippen LogP contribution is -2.42. The van der Waals surface area contributed by atoms with Crippen molar-refractivity contribution in [1.82, 2.24) is 0 Å². The SMILES string of the molecule is CCCCCC(=O)Cc1cc(O)cc2c1C(=O)Oc1cc(O)c3c(c1O2)CC1(CC[C@@H](OCC)O1)OC3=O. The fraction of sp³-hybridized carbons (Fsp3) is 0.464. The van der Waals surface area contributed by atoms with E-state index in [1.807, 2.05) is 13.8 Å². The largest absolute Gasteiger partial charge is 0.508 e. The number of carbonyl (C=O) groups excluding carboxylic acids is 3. The van der Waals surface area contributed by atoms with E-state index in [0.717, 1.165) is 25.3 Å².